The second-order valence-electron chi connectivity index (χ2n) is 6.95. The van der Waals surface area contributed by atoms with Crippen LogP contribution in [0.4, 0.5) is 0 Å². The molecule has 0 atom stereocenters. The quantitative estimate of drug-likeness (QED) is 0.508. The van der Waals surface area contributed by atoms with E-state index in [0.717, 1.165) is 0 Å². The molecule has 0 spiro atoms. The monoisotopic (exact) mass is 272 g/mol. The van der Waals surface area contributed by atoms with E-state index in [-0.39, 0.29) is 48.8 Å². The standard InChI is InChI=1S/C12H30N4Si.2Li/c1-11(2,3)13-17(15(7)8,16(9)10)14-12(4,5)6;;/h1-10H3;;/q-2;2*+1. The molecule has 0 saturated heterocycles. The molecule has 104 valence electrons. The molecule has 0 aliphatic heterocycles. The molecule has 0 rings (SSSR count). The number of nitrogens with zero attached hydrogens (tertiary/aromatic N) is 4. The zero-order valence-electron chi connectivity index (χ0n) is 15.3. The number of rotatable bonds is 4. The minimum atomic E-state index is -2.30. The zero-order chi connectivity index (χ0) is 14.1. The van der Waals surface area contributed by atoms with E-state index in [9.17, 15) is 0 Å². The van der Waals surface area contributed by atoms with Crippen LogP contribution in [0.5, 0.6) is 0 Å². The van der Waals surface area contributed by atoms with Crippen LogP contribution in [-0.2, 0) is 0 Å². The van der Waals surface area contributed by atoms with Crippen molar-refractivity contribution < 1.29 is 37.7 Å². The third-order valence-electron chi connectivity index (χ3n) is 2.17. The molecule has 0 amide bonds. The van der Waals surface area contributed by atoms with Gasteiger partial charge in [-0.25, -0.2) is 0 Å². The molecule has 0 heterocycles. The SMILES string of the molecule is CN(C)[Si]([N-]C(C)(C)C)([N-]C(C)(C)C)N(C)C.[Li+].[Li+]. The van der Waals surface area contributed by atoms with E-state index in [1.54, 1.807) is 0 Å². The Kier molecular flexibility index (Phi) is 11.5. The molecule has 19 heavy (non-hydrogen) atoms. The van der Waals surface area contributed by atoms with E-state index >= 15 is 0 Å². The molecule has 0 aromatic carbocycles. The Bertz CT molecular complexity index is 221. The van der Waals surface area contributed by atoms with Gasteiger partial charge in [-0.15, -0.1) is 11.1 Å². The maximum Gasteiger partial charge on any atom is 1.00 e. The summed E-state index contributed by atoms with van der Waals surface area (Å²) >= 11 is 0. The summed E-state index contributed by atoms with van der Waals surface area (Å²) in [5.41, 5.74) is -0.148. The average molecular weight is 272 g/mol. The summed E-state index contributed by atoms with van der Waals surface area (Å²) in [5.74, 6) is 0. The van der Waals surface area contributed by atoms with E-state index in [1.807, 2.05) is 0 Å². The van der Waals surface area contributed by atoms with Crippen molar-refractivity contribution in [2.45, 2.75) is 52.6 Å². The molecule has 0 aliphatic carbocycles. The molecule has 0 bridgehead atoms. The minimum absolute atomic E-state index is 0. The van der Waals surface area contributed by atoms with Crippen LogP contribution in [0.2, 0.25) is 0 Å². The molecule has 0 aromatic heterocycles. The summed E-state index contributed by atoms with van der Waals surface area (Å²) in [6, 6.07) is 0. The van der Waals surface area contributed by atoms with Crippen LogP contribution >= 0.6 is 0 Å². The minimum Gasteiger partial charge on any atom is -0.650 e. The number of hydrogen-bond donors (Lipinski definition) is 0. The van der Waals surface area contributed by atoms with Crippen LogP contribution in [0.3, 0.4) is 0 Å². The maximum absolute atomic E-state index is 5.05. The van der Waals surface area contributed by atoms with Crippen molar-refractivity contribution in [1.82, 2.24) is 9.13 Å². The molecule has 0 aliphatic rings. The van der Waals surface area contributed by atoms with Gasteiger partial charge in [0.2, 0.25) is 0 Å². The molecule has 4 nitrogen and oxygen atoms in total. The maximum atomic E-state index is 5.05. The van der Waals surface area contributed by atoms with Gasteiger partial charge in [0.1, 0.15) is 0 Å². The first-order chi connectivity index (χ1) is 7.30. The topological polar surface area (TPSA) is 34.7 Å². The Morgan fingerprint density at radius 3 is 0.947 bits per heavy atom. The zero-order valence-corrected chi connectivity index (χ0v) is 16.3. The van der Waals surface area contributed by atoms with E-state index in [1.165, 1.54) is 0 Å². The van der Waals surface area contributed by atoms with Gasteiger partial charge in [0.05, 0.1) is 0 Å². The fraction of sp³-hybridized carbons (Fsp3) is 1.00. The predicted molar refractivity (Wildman–Crippen MR) is 79.4 cm³/mol. The average Bonchev–Trinajstić information content (AvgIpc) is 1.96. The number of hydrogen-bond acceptors (Lipinski definition) is 2. The summed E-state index contributed by atoms with van der Waals surface area (Å²) in [5, 5.41) is 0. The summed E-state index contributed by atoms with van der Waals surface area (Å²) in [4.78, 5) is 10.1. The van der Waals surface area contributed by atoms with Crippen molar-refractivity contribution in [2.75, 3.05) is 28.2 Å². The molecule has 0 saturated carbocycles. The molecule has 0 N–H and O–H groups in total. The van der Waals surface area contributed by atoms with Gasteiger partial charge in [-0.05, 0) is 36.9 Å². The Morgan fingerprint density at radius 1 is 0.632 bits per heavy atom. The van der Waals surface area contributed by atoms with Gasteiger partial charge < -0.3 is 19.1 Å². The van der Waals surface area contributed by atoms with Gasteiger partial charge in [-0.2, -0.15) is 0 Å². The van der Waals surface area contributed by atoms with E-state index in [4.69, 9.17) is 9.96 Å². The molecule has 0 radical (unpaired) electrons. The van der Waals surface area contributed by atoms with Crippen LogP contribution in [0, 0.1) is 0 Å². The normalized spacial score (nSPS) is 13.3. The van der Waals surface area contributed by atoms with Crippen molar-refractivity contribution in [1.29, 1.82) is 0 Å². The van der Waals surface area contributed by atoms with Gasteiger partial charge in [0.25, 0.3) is 0 Å². The summed E-state index contributed by atoms with van der Waals surface area (Å²) in [6.45, 7) is 12.8. The Labute approximate surface area is 146 Å². The summed E-state index contributed by atoms with van der Waals surface area (Å²) in [7, 11) is 6.02. The van der Waals surface area contributed by atoms with Crippen LogP contribution in [0.25, 0.3) is 9.96 Å². The fourth-order valence-corrected chi connectivity index (χ4v) is 5.18. The first-order valence-corrected chi connectivity index (χ1v) is 7.92. The molecular formula is C12H30Li2N4Si. The van der Waals surface area contributed by atoms with Crippen molar-refractivity contribution in [3.63, 3.8) is 0 Å². The van der Waals surface area contributed by atoms with Crippen LogP contribution < -0.4 is 37.7 Å². The van der Waals surface area contributed by atoms with Gasteiger partial charge >= 0.3 is 37.7 Å². The van der Waals surface area contributed by atoms with E-state index in [0.29, 0.717) is 0 Å². The first-order valence-electron chi connectivity index (χ1n) is 6.13. The second-order valence-corrected chi connectivity index (χ2v) is 10.4. The van der Waals surface area contributed by atoms with Crippen LogP contribution in [0.15, 0.2) is 0 Å². The van der Waals surface area contributed by atoms with E-state index in [2.05, 4.69) is 78.9 Å². The summed E-state index contributed by atoms with van der Waals surface area (Å²) in [6.07, 6.45) is 0. The molecule has 0 fully saturated rings. The van der Waals surface area contributed by atoms with Crippen LogP contribution in [-0.4, -0.2) is 57.1 Å². The fourth-order valence-electron chi connectivity index (χ4n) is 1.73. The largest absolute Gasteiger partial charge is 1.00 e. The van der Waals surface area contributed by atoms with Gasteiger partial charge in [-0.1, -0.05) is 41.5 Å². The Balaban J connectivity index is -0.00000128. The van der Waals surface area contributed by atoms with Crippen molar-refractivity contribution in [2.24, 2.45) is 0 Å². The molecule has 0 aromatic rings. The predicted octanol–water partition coefficient (Wildman–Crippen LogP) is -3.10. The summed E-state index contributed by atoms with van der Waals surface area (Å²) < 4.78 is 4.40. The van der Waals surface area contributed by atoms with Crippen molar-refractivity contribution >= 4 is 8.72 Å². The first kappa shape index (κ1) is 25.2. The third-order valence-corrected chi connectivity index (χ3v) is 6.51. The van der Waals surface area contributed by atoms with Crippen molar-refractivity contribution in [3.05, 3.63) is 9.96 Å². The van der Waals surface area contributed by atoms with Gasteiger partial charge in [0, 0.05) is 0 Å². The van der Waals surface area contributed by atoms with Gasteiger partial charge in [0.15, 0.2) is 0 Å². The molecule has 7 heteroatoms. The van der Waals surface area contributed by atoms with Gasteiger partial charge in [-0.3, -0.25) is 0 Å². The molecular weight excluding hydrogens is 242 g/mol. The van der Waals surface area contributed by atoms with Crippen molar-refractivity contribution in [3.8, 4) is 0 Å². The smallest absolute Gasteiger partial charge is 0.650 e. The molecule has 0 unspecified atom stereocenters. The third kappa shape index (κ3) is 8.99. The second kappa shape index (κ2) is 8.64. The Morgan fingerprint density at radius 2 is 0.842 bits per heavy atom. The Hall–Kier alpha value is 1.25. The van der Waals surface area contributed by atoms with E-state index < -0.39 is 8.72 Å². The van der Waals surface area contributed by atoms with Crippen LogP contribution in [0.1, 0.15) is 41.5 Å².